The van der Waals surface area contributed by atoms with Gasteiger partial charge in [0.2, 0.25) is 11.5 Å². The van der Waals surface area contributed by atoms with Crippen molar-refractivity contribution in [3.8, 4) is 0 Å². The zero-order chi connectivity index (χ0) is 26.6. The number of aryl methyl sites for hydroxylation is 1. The fourth-order valence-corrected chi connectivity index (χ4v) is 4.32. The number of aliphatic hydroxyl groups excluding tert-OH is 1. The highest BCUT2D eigenvalue weighted by Crippen LogP contribution is 2.34. The quantitative estimate of drug-likeness (QED) is 0.487. The first-order chi connectivity index (χ1) is 16.2. The lowest BCUT2D eigenvalue weighted by molar-refractivity contribution is -0.116. The fraction of sp³-hybridized carbons (Fsp3) is 0.481. The van der Waals surface area contributed by atoms with Crippen molar-refractivity contribution in [2.24, 2.45) is 0 Å². The summed E-state index contributed by atoms with van der Waals surface area (Å²) in [4.78, 5) is 35.8. The summed E-state index contributed by atoms with van der Waals surface area (Å²) in [6, 6.07) is 6.05. The molecule has 1 aromatic carbocycles. The second kappa shape index (κ2) is 11.4. The number of allylic oxidation sites excluding steroid dienone is 1. The van der Waals surface area contributed by atoms with E-state index in [0.29, 0.717) is 39.8 Å². The van der Waals surface area contributed by atoms with Crippen molar-refractivity contribution >= 4 is 29.1 Å². The molecule has 0 unspecified atom stereocenters. The molecule has 190 valence electrons. The number of hydrogen-bond donors (Lipinski definition) is 2. The highest BCUT2D eigenvalue weighted by atomic mass is 32.2. The highest BCUT2D eigenvalue weighted by Gasteiger charge is 2.24. The van der Waals surface area contributed by atoms with Gasteiger partial charge in [-0.05, 0) is 59.7 Å². The molecule has 1 aromatic heterocycles. The molecule has 0 radical (unpaired) electrons. The molecule has 0 aliphatic carbocycles. The number of amides is 1. The predicted molar refractivity (Wildman–Crippen MR) is 143 cm³/mol. The van der Waals surface area contributed by atoms with E-state index >= 15 is 0 Å². The molecule has 2 rings (SSSR count). The maximum atomic E-state index is 13.5. The fourth-order valence-electron chi connectivity index (χ4n) is 3.40. The van der Waals surface area contributed by atoms with E-state index in [4.69, 9.17) is 5.73 Å². The maximum Gasteiger partial charge on any atom is 0.223 e. The van der Waals surface area contributed by atoms with Gasteiger partial charge in [-0.15, -0.1) is 0 Å². The molecule has 3 N–H and O–H groups in total. The lowest BCUT2D eigenvalue weighted by atomic mass is 9.80. The Hall–Kier alpha value is -2.71. The summed E-state index contributed by atoms with van der Waals surface area (Å²) in [6.07, 6.45) is 2.53. The van der Waals surface area contributed by atoms with Crippen LogP contribution in [0, 0.1) is 6.92 Å². The van der Waals surface area contributed by atoms with Gasteiger partial charge in [0.05, 0.1) is 6.54 Å². The maximum absolute atomic E-state index is 13.5. The van der Waals surface area contributed by atoms with Crippen molar-refractivity contribution in [3.63, 3.8) is 0 Å². The minimum atomic E-state index is -0.148. The molecule has 0 bridgehead atoms. The Balaban J connectivity index is 2.44. The van der Waals surface area contributed by atoms with E-state index in [9.17, 15) is 14.7 Å². The molecule has 0 spiro atoms. The second-order valence-corrected chi connectivity index (χ2v) is 11.8. The molecule has 8 heteroatoms. The van der Waals surface area contributed by atoms with Gasteiger partial charge >= 0.3 is 0 Å². The third-order valence-corrected chi connectivity index (χ3v) is 6.94. The number of thioether (sulfide) groups is 1. The van der Waals surface area contributed by atoms with Crippen LogP contribution in [0.5, 0.6) is 0 Å². The minimum Gasteiger partial charge on any atom is -0.396 e. The van der Waals surface area contributed by atoms with Gasteiger partial charge in [-0.3, -0.25) is 9.59 Å². The van der Waals surface area contributed by atoms with Crippen LogP contribution in [0.3, 0.4) is 0 Å². The molecule has 0 aliphatic heterocycles. The second-order valence-electron chi connectivity index (χ2n) is 10.7. The monoisotopic (exact) mass is 498 g/mol. The third kappa shape index (κ3) is 7.64. The van der Waals surface area contributed by atoms with Gasteiger partial charge < -0.3 is 15.7 Å². The number of carbonyl (C=O) groups excluding carboxylic acids is 2. The first-order valence-electron chi connectivity index (χ1n) is 11.7. The number of nitrogen functional groups attached to an aromatic ring is 1. The number of nitrogens with two attached hydrogens (primary N) is 1. The summed E-state index contributed by atoms with van der Waals surface area (Å²) in [6.45, 7) is 16.3. The van der Waals surface area contributed by atoms with Gasteiger partial charge in [0, 0.05) is 41.0 Å². The smallest absolute Gasteiger partial charge is 0.223 e. The molecule has 2 aromatic rings. The molecule has 35 heavy (non-hydrogen) atoms. The molecular formula is C27H38N4O3S. The SMILES string of the molecule is C/C(=C(\CCO)SC(=O)c1cc(C(C)(C)C)cc(C(C)(C)C)c1)N(C=O)Cc1cnc(C)nc1N. The summed E-state index contributed by atoms with van der Waals surface area (Å²) in [5.74, 6) is 0.851. The van der Waals surface area contributed by atoms with Gasteiger partial charge in [-0.1, -0.05) is 47.6 Å². The average molecular weight is 499 g/mol. The Morgan fingerprint density at radius 1 is 1.11 bits per heavy atom. The molecule has 0 saturated heterocycles. The van der Waals surface area contributed by atoms with Crippen molar-refractivity contribution in [3.05, 3.63) is 63.1 Å². The topological polar surface area (TPSA) is 109 Å². The lowest BCUT2D eigenvalue weighted by Crippen LogP contribution is -2.22. The number of benzene rings is 1. The van der Waals surface area contributed by atoms with Gasteiger partial charge in [0.25, 0.3) is 0 Å². The van der Waals surface area contributed by atoms with Crippen molar-refractivity contribution in [2.75, 3.05) is 12.3 Å². The van der Waals surface area contributed by atoms with E-state index in [1.54, 1.807) is 20.0 Å². The summed E-state index contributed by atoms with van der Waals surface area (Å²) >= 11 is 1.05. The van der Waals surface area contributed by atoms with E-state index in [2.05, 4.69) is 57.6 Å². The van der Waals surface area contributed by atoms with E-state index in [-0.39, 0.29) is 35.5 Å². The van der Waals surface area contributed by atoms with Crippen LogP contribution in [0.15, 0.2) is 35.0 Å². The molecule has 0 atom stereocenters. The lowest BCUT2D eigenvalue weighted by Gasteiger charge is -2.26. The van der Waals surface area contributed by atoms with Gasteiger partial charge in [-0.2, -0.15) is 0 Å². The molecule has 0 saturated carbocycles. The largest absolute Gasteiger partial charge is 0.396 e. The number of aromatic nitrogens is 2. The zero-order valence-electron chi connectivity index (χ0n) is 22.1. The summed E-state index contributed by atoms with van der Waals surface area (Å²) in [5, 5.41) is 9.55. The Bertz CT molecular complexity index is 1080. The Labute approximate surface area is 213 Å². The number of carbonyl (C=O) groups is 2. The highest BCUT2D eigenvalue weighted by molar-refractivity contribution is 8.17. The van der Waals surface area contributed by atoms with Crippen LogP contribution in [0.1, 0.15) is 87.8 Å². The number of anilines is 1. The zero-order valence-corrected chi connectivity index (χ0v) is 22.9. The van der Waals surface area contributed by atoms with Gasteiger partial charge in [-0.25, -0.2) is 9.97 Å². The molecular weight excluding hydrogens is 460 g/mol. The molecule has 0 aliphatic rings. The van der Waals surface area contributed by atoms with Crippen LogP contribution in [0.4, 0.5) is 5.82 Å². The van der Waals surface area contributed by atoms with Gasteiger partial charge in [0.1, 0.15) is 11.6 Å². The van der Waals surface area contributed by atoms with Crippen LogP contribution < -0.4 is 5.73 Å². The van der Waals surface area contributed by atoms with Crippen LogP contribution in [-0.4, -0.2) is 38.1 Å². The number of nitrogens with zero attached hydrogens (tertiary/aromatic N) is 3. The number of hydrogen-bond acceptors (Lipinski definition) is 7. The van der Waals surface area contributed by atoms with E-state index in [1.807, 2.05) is 12.1 Å². The summed E-state index contributed by atoms with van der Waals surface area (Å²) in [7, 11) is 0. The molecule has 1 heterocycles. The first kappa shape index (κ1) is 28.5. The van der Waals surface area contributed by atoms with E-state index in [0.717, 1.165) is 22.9 Å². The molecule has 7 nitrogen and oxygen atoms in total. The van der Waals surface area contributed by atoms with Crippen molar-refractivity contribution in [1.29, 1.82) is 0 Å². The number of aliphatic hydroxyl groups is 1. The summed E-state index contributed by atoms with van der Waals surface area (Å²) in [5.41, 5.74) is 9.72. The minimum absolute atomic E-state index is 0.120. The Morgan fingerprint density at radius 3 is 2.14 bits per heavy atom. The van der Waals surface area contributed by atoms with Crippen molar-refractivity contribution in [2.45, 2.75) is 79.2 Å². The first-order valence-corrected chi connectivity index (χ1v) is 12.5. The van der Waals surface area contributed by atoms with Crippen LogP contribution >= 0.6 is 11.8 Å². The van der Waals surface area contributed by atoms with Crippen molar-refractivity contribution < 1.29 is 14.7 Å². The average Bonchev–Trinajstić information content (AvgIpc) is 2.76. The van der Waals surface area contributed by atoms with Crippen LogP contribution in [-0.2, 0) is 22.2 Å². The van der Waals surface area contributed by atoms with E-state index < -0.39 is 0 Å². The number of rotatable bonds is 8. The van der Waals surface area contributed by atoms with Gasteiger partial charge in [0.15, 0.2) is 0 Å². The Morgan fingerprint density at radius 2 is 1.69 bits per heavy atom. The van der Waals surface area contributed by atoms with Crippen molar-refractivity contribution in [1.82, 2.24) is 14.9 Å². The predicted octanol–water partition coefficient (Wildman–Crippen LogP) is 5.11. The van der Waals surface area contributed by atoms with Crippen LogP contribution in [0.2, 0.25) is 0 Å². The normalized spacial score (nSPS) is 12.8. The Kier molecular flexibility index (Phi) is 9.25. The van der Waals surface area contributed by atoms with E-state index in [1.165, 1.54) is 4.90 Å². The van der Waals surface area contributed by atoms with Crippen LogP contribution in [0.25, 0.3) is 0 Å². The standard InChI is InChI=1S/C27H38N4O3S/c1-17(31(16-33)15-20-14-29-18(2)30-24(20)28)23(9-10-32)35-25(34)19-11-21(26(3,4)5)13-22(12-19)27(6,7)8/h11-14,16,32H,9-10,15H2,1-8H3,(H2,28,29,30)/b23-17-. The molecule has 0 fully saturated rings. The summed E-state index contributed by atoms with van der Waals surface area (Å²) < 4.78 is 0. The third-order valence-electron chi connectivity index (χ3n) is 5.78. The molecule has 1 amide bonds.